The quantitative estimate of drug-likeness (QED) is 0.817. The van der Waals surface area contributed by atoms with Crippen molar-refractivity contribution in [2.45, 2.75) is 39.2 Å². The highest BCUT2D eigenvalue weighted by Gasteiger charge is 2.25. The molecule has 2 N–H and O–H groups in total. The number of aliphatic hydroxyl groups excluding tert-OH is 1. The van der Waals surface area contributed by atoms with Crippen LogP contribution in [-0.4, -0.2) is 24.3 Å². The standard InChI is InChI=1S/C15H23NO/c1-3-15(2,11-17)10-16-14-8-12-6-4-5-7-13(12)9-14/h4-7,14,16-17H,3,8-11H2,1-2H3. The van der Waals surface area contributed by atoms with E-state index in [0.717, 1.165) is 25.8 Å². The van der Waals surface area contributed by atoms with Gasteiger partial charge in [-0.05, 0) is 30.4 Å². The first-order valence-corrected chi connectivity index (χ1v) is 6.58. The van der Waals surface area contributed by atoms with Gasteiger partial charge < -0.3 is 10.4 Å². The van der Waals surface area contributed by atoms with Gasteiger partial charge in [0.15, 0.2) is 0 Å². The minimum atomic E-state index is 0.0226. The van der Waals surface area contributed by atoms with E-state index in [9.17, 15) is 5.11 Å². The van der Waals surface area contributed by atoms with Crippen molar-refractivity contribution in [1.82, 2.24) is 5.32 Å². The fourth-order valence-electron chi connectivity index (χ4n) is 2.39. The molecular weight excluding hydrogens is 210 g/mol. The van der Waals surface area contributed by atoms with Crippen LogP contribution in [0.4, 0.5) is 0 Å². The Hall–Kier alpha value is -0.860. The van der Waals surface area contributed by atoms with Gasteiger partial charge in [-0.3, -0.25) is 0 Å². The van der Waals surface area contributed by atoms with Crippen molar-refractivity contribution in [1.29, 1.82) is 0 Å². The van der Waals surface area contributed by atoms with Crippen LogP contribution in [0.5, 0.6) is 0 Å². The lowest BCUT2D eigenvalue weighted by Gasteiger charge is -2.27. The monoisotopic (exact) mass is 233 g/mol. The Morgan fingerprint density at radius 1 is 1.29 bits per heavy atom. The molecule has 2 rings (SSSR count). The topological polar surface area (TPSA) is 32.3 Å². The molecule has 2 nitrogen and oxygen atoms in total. The van der Waals surface area contributed by atoms with Crippen LogP contribution < -0.4 is 5.32 Å². The summed E-state index contributed by atoms with van der Waals surface area (Å²) in [6.07, 6.45) is 3.26. The summed E-state index contributed by atoms with van der Waals surface area (Å²) in [6, 6.07) is 9.23. The third-order valence-corrected chi connectivity index (χ3v) is 4.10. The Morgan fingerprint density at radius 2 is 1.88 bits per heavy atom. The van der Waals surface area contributed by atoms with Crippen LogP contribution in [0.15, 0.2) is 24.3 Å². The molecule has 0 amide bonds. The molecule has 0 aliphatic heterocycles. The zero-order valence-corrected chi connectivity index (χ0v) is 10.9. The number of aliphatic hydroxyl groups is 1. The maximum atomic E-state index is 9.39. The summed E-state index contributed by atoms with van der Waals surface area (Å²) in [6.45, 7) is 5.44. The highest BCUT2D eigenvalue weighted by molar-refractivity contribution is 5.33. The molecule has 2 heteroatoms. The van der Waals surface area contributed by atoms with Crippen LogP contribution >= 0.6 is 0 Å². The maximum Gasteiger partial charge on any atom is 0.0496 e. The van der Waals surface area contributed by atoms with Gasteiger partial charge in [0.05, 0.1) is 0 Å². The summed E-state index contributed by atoms with van der Waals surface area (Å²) in [5.74, 6) is 0. The lowest BCUT2D eigenvalue weighted by molar-refractivity contribution is 0.132. The fraction of sp³-hybridized carbons (Fsp3) is 0.600. The van der Waals surface area contributed by atoms with Crippen LogP contribution in [0.3, 0.4) is 0 Å². The van der Waals surface area contributed by atoms with Crippen molar-refractivity contribution < 1.29 is 5.11 Å². The van der Waals surface area contributed by atoms with E-state index in [-0.39, 0.29) is 12.0 Å². The third-order valence-electron chi connectivity index (χ3n) is 4.10. The van der Waals surface area contributed by atoms with Gasteiger partial charge in [0, 0.05) is 24.6 Å². The Morgan fingerprint density at radius 3 is 2.35 bits per heavy atom. The predicted octanol–water partition coefficient (Wildman–Crippen LogP) is 2.15. The van der Waals surface area contributed by atoms with Crippen LogP contribution in [0.2, 0.25) is 0 Å². The molecule has 0 fully saturated rings. The summed E-state index contributed by atoms with van der Waals surface area (Å²) in [7, 11) is 0. The van der Waals surface area contributed by atoms with Crippen molar-refractivity contribution in [2.24, 2.45) is 5.41 Å². The van der Waals surface area contributed by atoms with E-state index < -0.39 is 0 Å². The Kier molecular flexibility index (Phi) is 3.85. The Labute approximate surface area is 104 Å². The second-order valence-electron chi connectivity index (χ2n) is 5.58. The molecule has 0 radical (unpaired) electrons. The molecule has 1 aromatic carbocycles. The van der Waals surface area contributed by atoms with Crippen LogP contribution in [-0.2, 0) is 12.8 Å². The van der Waals surface area contributed by atoms with Crippen molar-refractivity contribution in [3.63, 3.8) is 0 Å². The van der Waals surface area contributed by atoms with Crippen molar-refractivity contribution in [3.8, 4) is 0 Å². The molecule has 1 aromatic rings. The zero-order valence-electron chi connectivity index (χ0n) is 10.9. The Balaban J connectivity index is 1.88. The second-order valence-corrected chi connectivity index (χ2v) is 5.58. The van der Waals surface area contributed by atoms with Gasteiger partial charge in [-0.1, -0.05) is 38.1 Å². The van der Waals surface area contributed by atoms with Gasteiger partial charge in [0.25, 0.3) is 0 Å². The van der Waals surface area contributed by atoms with Gasteiger partial charge >= 0.3 is 0 Å². The number of benzene rings is 1. The molecule has 94 valence electrons. The molecule has 0 aromatic heterocycles. The molecule has 0 saturated carbocycles. The molecule has 1 aliphatic carbocycles. The summed E-state index contributed by atoms with van der Waals surface area (Å²) in [4.78, 5) is 0. The van der Waals surface area contributed by atoms with E-state index in [1.54, 1.807) is 0 Å². The molecule has 0 bridgehead atoms. The fourth-order valence-corrected chi connectivity index (χ4v) is 2.39. The number of nitrogens with one attached hydrogen (secondary N) is 1. The van der Waals surface area contributed by atoms with E-state index >= 15 is 0 Å². The SMILES string of the molecule is CCC(C)(CO)CNC1Cc2ccccc2C1. The Bertz CT molecular complexity index is 346. The van der Waals surface area contributed by atoms with E-state index in [2.05, 4.69) is 43.4 Å². The van der Waals surface area contributed by atoms with E-state index in [0.29, 0.717) is 6.04 Å². The molecular formula is C15H23NO. The summed E-state index contributed by atoms with van der Waals surface area (Å²) < 4.78 is 0. The predicted molar refractivity (Wildman–Crippen MR) is 71.1 cm³/mol. The number of rotatable bonds is 5. The summed E-state index contributed by atoms with van der Waals surface area (Å²) >= 11 is 0. The van der Waals surface area contributed by atoms with Crippen molar-refractivity contribution in [2.75, 3.05) is 13.2 Å². The number of fused-ring (bicyclic) bond motifs is 1. The third kappa shape index (κ3) is 2.88. The van der Waals surface area contributed by atoms with Crippen LogP contribution in [0.1, 0.15) is 31.4 Å². The minimum absolute atomic E-state index is 0.0226. The first kappa shape index (κ1) is 12.6. The molecule has 0 heterocycles. The zero-order chi connectivity index (χ0) is 12.3. The first-order valence-electron chi connectivity index (χ1n) is 6.58. The first-order chi connectivity index (χ1) is 8.17. The largest absolute Gasteiger partial charge is 0.396 e. The highest BCUT2D eigenvalue weighted by Crippen LogP contribution is 2.24. The normalized spacial score (nSPS) is 19.0. The van der Waals surface area contributed by atoms with Crippen molar-refractivity contribution in [3.05, 3.63) is 35.4 Å². The number of hydrogen-bond acceptors (Lipinski definition) is 2. The minimum Gasteiger partial charge on any atom is -0.396 e. The van der Waals surface area contributed by atoms with Gasteiger partial charge in [-0.25, -0.2) is 0 Å². The number of hydrogen-bond donors (Lipinski definition) is 2. The maximum absolute atomic E-state index is 9.39. The van der Waals surface area contributed by atoms with E-state index in [1.165, 1.54) is 11.1 Å². The average Bonchev–Trinajstić information content (AvgIpc) is 2.79. The molecule has 1 aliphatic rings. The molecule has 1 atom stereocenters. The van der Waals surface area contributed by atoms with Gasteiger partial charge in [0.2, 0.25) is 0 Å². The van der Waals surface area contributed by atoms with Gasteiger partial charge in [0.1, 0.15) is 0 Å². The van der Waals surface area contributed by atoms with E-state index in [4.69, 9.17) is 0 Å². The molecule has 0 spiro atoms. The average molecular weight is 233 g/mol. The lowest BCUT2D eigenvalue weighted by atomic mass is 9.88. The molecule has 1 unspecified atom stereocenters. The van der Waals surface area contributed by atoms with Crippen LogP contribution in [0.25, 0.3) is 0 Å². The second kappa shape index (κ2) is 5.19. The highest BCUT2D eigenvalue weighted by atomic mass is 16.3. The van der Waals surface area contributed by atoms with Gasteiger partial charge in [-0.15, -0.1) is 0 Å². The summed E-state index contributed by atoms with van der Waals surface area (Å²) in [5, 5.41) is 13.0. The smallest absolute Gasteiger partial charge is 0.0496 e. The van der Waals surface area contributed by atoms with Crippen molar-refractivity contribution >= 4 is 0 Å². The summed E-state index contributed by atoms with van der Waals surface area (Å²) in [5.41, 5.74) is 2.98. The lowest BCUT2D eigenvalue weighted by Crippen LogP contribution is -2.40. The van der Waals surface area contributed by atoms with Crippen LogP contribution in [0, 0.1) is 5.41 Å². The van der Waals surface area contributed by atoms with E-state index in [1.807, 2.05) is 0 Å². The molecule has 0 saturated heterocycles. The molecule has 17 heavy (non-hydrogen) atoms. The van der Waals surface area contributed by atoms with Gasteiger partial charge in [-0.2, -0.15) is 0 Å².